The number of urea groups is 1. The van der Waals surface area contributed by atoms with E-state index in [9.17, 15) is 18.7 Å². The summed E-state index contributed by atoms with van der Waals surface area (Å²) in [7, 11) is 1.63. The van der Waals surface area contributed by atoms with Crippen LogP contribution >= 0.6 is 0 Å². The summed E-state index contributed by atoms with van der Waals surface area (Å²) in [5.41, 5.74) is 2.24. The quantitative estimate of drug-likeness (QED) is 0.489. The van der Waals surface area contributed by atoms with Crippen molar-refractivity contribution >= 4 is 11.8 Å². The zero-order valence-corrected chi connectivity index (χ0v) is 20.6. The zero-order valence-electron chi connectivity index (χ0n) is 20.6. The summed E-state index contributed by atoms with van der Waals surface area (Å²) in [4.78, 5) is 15.4. The molecule has 2 aromatic rings. The number of amides is 2. The number of aromatic nitrogens is 2. The van der Waals surface area contributed by atoms with Gasteiger partial charge >= 0.3 is 6.03 Å². The Morgan fingerprint density at radius 1 is 1.25 bits per heavy atom. The van der Waals surface area contributed by atoms with E-state index in [2.05, 4.69) is 20.6 Å². The lowest BCUT2D eigenvalue weighted by Gasteiger charge is -2.27. The molecule has 4 rings (SSSR count). The lowest BCUT2D eigenvalue weighted by molar-refractivity contribution is 0.157. The number of methoxy groups -OCH3 is 1. The number of nitrogens with zero attached hydrogens (tertiary/aromatic N) is 3. The number of carbonyl (C=O) groups is 1. The summed E-state index contributed by atoms with van der Waals surface area (Å²) in [5.74, 6) is -1.38. The minimum atomic E-state index is -0.828. The van der Waals surface area contributed by atoms with Crippen LogP contribution in [0.2, 0.25) is 0 Å². The van der Waals surface area contributed by atoms with Gasteiger partial charge in [0.2, 0.25) is 0 Å². The molecule has 1 aromatic heterocycles. The molecule has 0 bridgehead atoms. The van der Waals surface area contributed by atoms with Crippen molar-refractivity contribution in [2.75, 3.05) is 45.3 Å². The summed E-state index contributed by atoms with van der Waals surface area (Å²) in [5, 5.41) is 20.1. The van der Waals surface area contributed by atoms with Crippen LogP contribution in [0.3, 0.4) is 0 Å². The second-order valence-corrected chi connectivity index (χ2v) is 9.24. The number of benzene rings is 1. The highest BCUT2D eigenvalue weighted by atomic mass is 19.2. The highest BCUT2D eigenvalue weighted by Crippen LogP contribution is 2.35. The van der Waals surface area contributed by atoms with Crippen LogP contribution in [0, 0.1) is 18.8 Å². The number of carbonyl (C=O) groups excluding carboxylic acids is 1. The van der Waals surface area contributed by atoms with Crippen LogP contribution in [0.4, 0.5) is 19.4 Å². The largest absolute Gasteiger partial charge is 0.396 e. The molecule has 10 heteroatoms. The minimum Gasteiger partial charge on any atom is -0.396 e. The number of halogens is 2. The van der Waals surface area contributed by atoms with E-state index in [0.29, 0.717) is 44.2 Å². The van der Waals surface area contributed by atoms with E-state index in [0.717, 1.165) is 11.3 Å². The lowest BCUT2D eigenvalue weighted by atomic mass is 9.83. The Bertz CT molecular complexity index is 1120. The zero-order chi connectivity index (χ0) is 25.7. The minimum absolute atomic E-state index is 0.0185. The Balaban J connectivity index is 1.53. The van der Waals surface area contributed by atoms with E-state index in [-0.39, 0.29) is 30.9 Å². The average Bonchev–Trinajstić information content (AvgIpc) is 3.41. The van der Waals surface area contributed by atoms with Crippen molar-refractivity contribution in [3.8, 4) is 5.69 Å². The molecule has 36 heavy (non-hydrogen) atoms. The lowest BCUT2D eigenvalue weighted by Crippen LogP contribution is -2.45. The van der Waals surface area contributed by atoms with Gasteiger partial charge in [-0.05, 0) is 37.0 Å². The number of ether oxygens (including phenoxy) is 1. The number of rotatable bonds is 9. The fourth-order valence-corrected chi connectivity index (χ4v) is 4.97. The summed E-state index contributed by atoms with van der Waals surface area (Å²) >= 11 is 0. The summed E-state index contributed by atoms with van der Waals surface area (Å²) in [6, 6.07) is 8.76. The van der Waals surface area contributed by atoms with Crippen LogP contribution in [-0.2, 0) is 11.2 Å². The maximum absolute atomic E-state index is 14.1. The molecule has 1 aliphatic carbocycles. The molecule has 1 saturated heterocycles. The third kappa shape index (κ3) is 5.83. The number of para-hydroxylation sites is 1. The normalized spacial score (nSPS) is 22.3. The van der Waals surface area contributed by atoms with Crippen LogP contribution in [-0.4, -0.2) is 71.8 Å². The van der Waals surface area contributed by atoms with Gasteiger partial charge in [0.15, 0.2) is 5.83 Å². The summed E-state index contributed by atoms with van der Waals surface area (Å²) in [6.07, 6.45) is 3.23. The second kappa shape index (κ2) is 11.8. The number of hydrogen-bond acceptors (Lipinski definition) is 5. The first-order valence-electron chi connectivity index (χ1n) is 12.2. The Labute approximate surface area is 209 Å². The van der Waals surface area contributed by atoms with Crippen LogP contribution in [0.15, 0.2) is 54.1 Å². The third-order valence-corrected chi connectivity index (χ3v) is 6.88. The van der Waals surface area contributed by atoms with Crippen molar-refractivity contribution in [3.63, 3.8) is 0 Å². The Kier molecular flexibility index (Phi) is 8.50. The number of aliphatic hydroxyl groups is 1. The predicted octanol–water partition coefficient (Wildman–Crippen LogP) is 3.51. The maximum atomic E-state index is 14.1. The van der Waals surface area contributed by atoms with Gasteiger partial charge in [0.25, 0.3) is 0 Å². The first-order chi connectivity index (χ1) is 17.4. The second-order valence-electron chi connectivity index (χ2n) is 9.24. The molecule has 2 heterocycles. The van der Waals surface area contributed by atoms with Crippen molar-refractivity contribution in [1.29, 1.82) is 0 Å². The molecule has 8 nitrogen and oxygen atoms in total. The van der Waals surface area contributed by atoms with Crippen molar-refractivity contribution in [2.45, 2.75) is 25.8 Å². The molecule has 194 valence electrons. The van der Waals surface area contributed by atoms with Gasteiger partial charge in [0.1, 0.15) is 11.6 Å². The van der Waals surface area contributed by atoms with Gasteiger partial charge in [0.05, 0.1) is 18.0 Å². The van der Waals surface area contributed by atoms with Crippen molar-refractivity contribution in [2.24, 2.45) is 11.8 Å². The average molecular weight is 502 g/mol. The van der Waals surface area contributed by atoms with Gasteiger partial charge in [-0.2, -0.15) is 5.10 Å². The van der Waals surface area contributed by atoms with E-state index in [1.165, 1.54) is 6.08 Å². The molecule has 1 unspecified atom stereocenters. The van der Waals surface area contributed by atoms with E-state index in [1.807, 2.05) is 37.3 Å². The summed E-state index contributed by atoms with van der Waals surface area (Å²) in [6.45, 7) is 4.23. The van der Waals surface area contributed by atoms with Crippen molar-refractivity contribution in [3.05, 3.63) is 65.4 Å². The Morgan fingerprint density at radius 2 is 2.03 bits per heavy atom. The van der Waals surface area contributed by atoms with Gasteiger partial charge in [-0.1, -0.05) is 24.3 Å². The van der Waals surface area contributed by atoms with Crippen LogP contribution < -0.4 is 10.6 Å². The first-order valence-corrected chi connectivity index (χ1v) is 12.2. The molecule has 1 fully saturated rings. The van der Waals surface area contributed by atoms with E-state index >= 15 is 0 Å². The molecule has 0 saturated carbocycles. The molecule has 0 radical (unpaired) electrons. The number of nitrogens with one attached hydrogen (secondary N) is 2. The Morgan fingerprint density at radius 3 is 2.72 bits per heavy atom. The van der Waals surface area contributed by atoms with E-state index in [4.69, 9.17) is 4.74 Å². The number of likely N-dealkylation sites (tertiary alicyclic amines) is 1. The molecule has 1 aromatic carbocycles. The molecule has 3 atom stereocenters. The molecular formula is C26H33F2N5O3. The third-order valence-electron chi connectivity index (χ3n) is 6.88. The fourth-order valence-electron chi connectivity index (χ4n) is 4.97. The first kappa shape index (κ1) is 26.0. The molecule has 2 amide bonds. The molecular weight excluding hydrogens is 468 g/mol. The molecule has 3 N–H and O–H groups in total. The Hall–Kier alpha value is -3.08. The SMILES string of the molecule is COCCN1C[C@@H](NC(=O)Nc2c(C)c(CCO)nn2-c2ccccc2)[C@H](C2C=CC(F)=C(F)C2)C1. The molecule has 2 aliphatic rings. The van der Waals surface area contributed by atoms with Gasteiger partial charge in [0, 0.05) is 57.8 Å². The smallest absolute Gasteiger partial charge is 0.320 e. The topological polar surface area (TPSA) is 91.7 Å². The van der Waals surface area contributed by atoms with Gasteiger partial charge < -0.3 is 15.2 Å². The standard InChI is InChI=1S/C26H33F2N5O3/c1-17-23(10-12-34)31-33(19-6-4-3-5-7-19)25(17)30-26(35)29-24-16-32(11-13-36-2)15-20(24)18-8-9-21(27)22(28)14-18/h3-9,18,20,24,34H,10-16H2,1-2H3,(H2,29,30,35)/t18?,20-,24+/m0/s1. The van der Waals surface area contributed by atoms with Gasteiger partial charge in [-0.3, -0.25) is 10.2 Å². The highest BCUT2D eigenvalue weighted by Gasteiger charge is 2.39. The number of aliphatic hydroxyl groups excluding tert-OH is 1. The maximum Gasteiger partial charge on any atom is 0.320 e. The van der Waals surface area contributed by atoms with Crippen LogP contribution in [0.1, 0.15) is 17.7 Å². The monoisotopic (exact) mass is 501 g/mol. The molecule has 0 spiro atoms. The van der Waals surface area contributed by atoms with Gasteiger partial charge in [-0.25, -0.2) is 18.3 Å². The fraction of sp³-hybridized carbons (Fsp3) is 0.462. The van der Waals surface area contributed by atoms with Crippen LogP contribution in [0.25, 0.3) is 5.69 Å². The number of anilines is 1. The van der Waals surface area contributed by atoms with E-state index in [1.54, 1.807) is 17.9 Å². The molecule has 1 aliphatic heterocycles. The predicted molar refractivity (Wildman–Crippen MR) is 133 cm³/mol. The van der Waals surface area contributed by atoms with E-state index < -0.39 is 17.7 Å². The highest BCUT2D eigenvalue weighted by molar-refractivity contribution is 5.90. The number of hydrogen-bond donors (Lipinski definition) is 3. The van der Waals surface area contributed by atoms with Crippen molar-refractivity contribution in [1.82, 2.24) is 20.0 Å². The number of allylic oxidation sites excluding steroid dienone is 4. The van der Waals surface area contributed by atoms with Crippen LogP contribution in [0.5, 0.6) is 0 Å². The summed E-state index contributed by atoms with van der Waals surface area (Å²) < 4.78 is 34.5. The van der Waals surface area contributed by atoms with Crippen molar-refractivity contribution < 1.29 is 23.4 Å². The van der Waals surface area contributed by atoms with Gasteiger partial charge in [-0.15, -0.1) is 0 Å².